The Balaban J connectivity index is 4.32. The lowest BCUT2D eigenvalue weighted by atomic mass is 10.0. The van der Waals surface area contributed by atoms with Crippen molar-refractivity contribution in [3.05, 3.63) is 0 Å². The monoisotopic (exact) mass is 807 g/mol. The van der Waals surface area contributed by atoms with Crippen LogP contribution in [-0.2, 0) is 28.6 Å². The molecule has 0 rings (SSSR count). The zero-order valence-electron chi connectivity index (χ0n) is 38.8. The molecule has 0 aromatic carbocycles. The molecule has 0 radical (unpaired) electrons. The van der Waals surface area contributed by atoms with Crippen LogP contribution in [0.4, 0.5) is 0 Å². The van der Waals surface area contributed by atoms with Crippen LogP contribution in [0.15, 0.2) is 0 Å². The topological polar surface area (TPSA) is 78.9 Å². The van der Waals surface area contributed by atoms with Crippen molar-refractivity contribution in [1.29, 1.82) is 0 Å². The maximum absolute atomic E-state index is 12.8. The number of carbonyl (C=O) groups excluding carboxylic acids is 3. The van der Waals surface area contributed by atoms with Crippen molar-refractivity contribution in [3.8, 4) is 0 Å². The molecule has 0 aliphatic heterocycles. The first kappa shape index (κ1) is 55.4. The van der Waals surface area contributed by atoms with E-state index in [0.29, 0.717) is 19.3 Å². The SMILES string of the molecule is CCCCCCCCCCCCCCCC(=O)OC[C@@H](COC(=O)CCCCCCCCCCCCC(C)C)OC(=O)CCCCCCCCCCCCCCC. The zero-order valence-corrected chi connectivity index (χ0v) is 38.8. The van der Waals surface area contributed by atoms with E-state index in [9.17, 15) is 14.4 Å². The predicted octanol–water partition coefficient (Wildman–Crippen LogP) is 16.3. The summed E-state index contributed by atoms with van der Waals surface area (Å²) in [6, 6.07) is 0. The van der Waals surface area contributed by atoms with Gasteiger partial charge < -0.3 is 14.2 Å². The summed E-state index contributed by atoms with van der Waals surface area (Å²) in [5, 5.41) is 0. The van der Waals surface area contributed by atoms with E-state index in [1.54, 1.807) is 0 Å². The van der Waals surface area contributed by atoms with E-state index in [0.717, 1.165) is 63.7 Å². The first-order valence-corrected chi connectivity index (χ1v) is 25.4. The summed E-state index contributed by atoms with van der Waals surface area (Å²) in [6.45, 7) is 9.01. The summed E-state index contributed by atoms with van der Waals surface area (Å²) in [5.74, 6) is -0.0272. The van der Waals surface area contributed by atoms with Crippen LogP contribution in [0.2, 0.25) is 0 Å². The molecule has 0 saturated carbocycles. The molecule has 0 saturated heterocycles. The molecule has 0 aliphatic carbocycles. The quantitative estimate of drug-likeness (QED) is 0.0346. The Morgan fingerprint density at radius 2 is 0.579 bits per heavy atom. The van der Waals surface area contributed by atoms with Crippen molar-refractivity contribution in [2.45, 2.75) is 291 Å². The molecule has 338 valence electrons. The molecule has 0 fully saturated rings. The summed E-state index contributed by atoms with van der Waals surface area (Å²) in [4.78, 5) is 37.9. The molecular weight excluding hydrogens is 709 g/mol. The van der Waals surface area contributed by atoms with Crippen LogP contribution in [0.3, 0.4) is 0 Å². The average molecular weight is 807 g/mol. The van der Waals surface area contributed by atoms with Crippen LogP contribution in [0.1, 0.15) is 285 Å². The molecule has 0 aromatic heterocycles. The van der Waals surface area contributed by atoms with Crippen LogP contribution in [0.25, 0.3) is 0 Å². The lowest BCUT2D eigenvalue weighted by molar-refractivity contribution is -0.167. The summed E-state index contributed by atoms with van der Waals surface area (Å²) >= 11 is 0. The Morgan fingerprint density at radius 1 is 0.333 bits per heavy atom. The van der Waals surface area contributed by atoms with E-state index in [4.69, 9.17) is 14.2 Å². The van der Waals surface area contributed by atoms with Gasteiger partial charge in [0.05, 0.1) is 0 Å². The number of ether oxygens (including phenoxy) is 3. The summed E-state index contributed by atoms with van der Waals surface area (Å²) in [5.41, 5.74) is 0. The first-order chi connectivity index (χ1) is 27.9. The number of rotatable bonds is 46. The van der Waals surface area contributed by atoms with Gasteiger partial charge in [0.1, 0.15) is 13.2 Å². The van der Waals surface area contributed by atoms with Gasteiger partial charge >= 0.3 is 17.9 Å². The minimum absolute atomic E-state index is 0.0629. The molecule has 0 N–H and O–H groups in total. The average Bonchev–Trinajstić information content (AvgIpc) is 3.19. The number of carbonyl (C=O) groups is 3. The van der Waals surface area contributed by atoms with E-state index < -0.39 is 6.10 Å². The number of unbranched alkanes of at least 4 members (excludes halogenated alkanes) is 33. The van der Waals surface area contributed by atoms with Gasteiger partial charge in [-0.05, 0) is 25.2 Å². The van der Waals surface area contributed by atoms with Crippen LogP contribution < -0.4 is 0 Å². The summed E-state index contributed by atoms with van der Waals surface area (Å²) in [7, 11) is 0. The Kier molecular flexibility index (Phi) is 44.2. The summed E-state index contributed by atoms with van der Waals surface area (Å²) < 4.78 is 16.8. The Labute approximate surface area is 355 Å². The van der Waals surface area contributed by atoms with Crippen molar-refractivity contribution in [1.82, 2.24) is 0 Å². The molecule has 6 nitrogen and oxygen atoms in total. The van der Waals surface area contributed by atoms with Crippen molar-refractivity contribution in [3.63, 3.8) is 0 Å². The van der Waals surface area contributed by atoms with Gasteiger partial charge in [-0.1, -0.05) is 246 Å². The predicted molar refractivity (Wildman–Crippen MR) is 243 cm³/mol. The molecule has 57 heavy (non-hydrogen) atoms. The third kappa shape index (κ3) is 45.3. The number of hydrogen-bond acceptors (Lipinski definition) is 6. The fourth-order valence-electron chi connectivity index (χ4n) is 7.69. The van der Waals surface area contributed by atoms with Crippen molar-refractivity contribution in [2.75, 3.05) is 13.2 Å². The number of esters is 3. The van der Waals surface area contributed by atoms with E-state index in [2.05, 4.69) is 27.7 Å². The normalized spacial score (nSPS) is 11.9. The van der Waals surface area contributed by atoms with Gasteiger partial charge in [-0.15, -0.1) is 0 Å². The highest BCUT2D eigenvalue weighted by atomic mass is 16.6. The van der Waals surface area contributed by atoms with Crippen LogP contribution >= 0.6 is 0 Å². The van der Waals surface area contributed by atoms with Gasteiger partial charge in [0.15, 0.2) is 6.10 Å². The molecule has 0 aliphatic rings. The Morgan fingerprint density at radius 3 is 0.860 bits per heavy atom. The molecule has 0 spiro atoms. The lowest BCUT2D eigenvalue weighted by Crippen LogP contribution is -2.30. The molecule has 0 amide bonds. The highest BCUT2D eigenvalue weighted by Crippen LogP contribution is 2.17. The van der Waals surface area contributed by atoms with Gasteiger partial charge in [0.25, 0.3) is 0 Å². The minimum Gasteiger partial charge on any atom is -0.462 e. The van der Waals surface area contributed by atoms with Crippen molar-refractivity contribution >= 4 is 17.9 Å². The zero-order chi connectivity index (χ0) is 41.7. The maximum Gasteiger partial charge on any atom is 0.306 e. The molecule has 0 aromatic rings. The molecule has 0 bridgehead atoms. The Bertz CT molecular complexity index is 857. The van der Waals surface area contributed by atoms with Crippen LogP contribution in [0.5, 0.6) is 0 Å². The highest BCUT2D eigenvalue weighted by Gasteiger charge is 2.19. The maximum atomic E-state index is 12.8. The molecule has 0 unspecified atom stereocenters. The molecule has 6 heteroatoms. The standard InChI is InChI=1S/C51H98O6/c1-5-7-9-11-13-15-17-19-21-26-30-34-38-42-49(52)55-45-48(57-51(54)44-40-36-32-28-22-20-18-16-14-12-10-8-6-2)46-56-50(53)43-39-35-31-27-24-23-25-29-33-37-41-47(3)4/h47-48H,5-46H2,1-4H3/t48-/m0/s1. The summed E-state index contributed by atoms with van der Waals surface area (Å²) in [6.07, 6.45) is 46.5. The van der Waals surface area contributed by atoms with E-state index in [1.165, 1.54) is 180 Å². The van der Waals surface area contributed by atoms with Gasteiger partial charge in [-0.2, -0.15) is 0 Å². The Hall–Kier alpha value is -1.59. The second-order valence-corrected chi connectivity index (χ2v) is 17.9. The third-order valence-electron chi connectivity index (χ3n) is 11.5. The first-order valence-electron chi connectivity index (χ1n) is 25.4. The van der Waals surface area contributed by atoms with Gasteiger partial charge in [-0.25, -0.2) is 0 Å². The fourth-order valence-corrected chi connectivity index (χ4v) is 7.69. The second kappa shape index (κ2) is 45.5. The van der Waals surface area contributed by atoms with Crippen molar-refractivity contribution in [2.24, 2.45) is 5.92 Å². The smallest absolute Gasteiger partial charge is 0.306 e. The highest BCUT2D eigenvalue weighted by molar-refractivity contribution is 5.71. The largest absolute Gasteiger partial charge is 0.462 e. The second-order valence-electron chi connectivity index (χ2n) is 17.9. The molecule has 1 atom stereocenters. The molecular formula is C51H98O6. The fraction of sp³-hybridized carbons (Fsp3) is 0.941. The van der Waals surface area contributed by atoms with Crippen LogP contribution in [-0.4, -0.2) is 37.2 Å². The number of hydrogen-bond donors (Lipinski definition) is 0. The van der Waals surface area contributed by atoms with Crippen LogP contribution in [0, 0.1) is 5.92 Å². The van der Waals surface area contributed by atoms with E-state index >= 15 is 0 Å². The molecule has 0 heterocycles. The minimum atomic E-state index is -0.760. The van der Waals surface area contributed by atoms with Gasteiger partial charge in [0, 0.05) is 19.3 Å². The van der Waals surface area contributed by atoms with E-state index in [-0.39, 0.29) is 31.1 Å². The van der Waals surface area contributed by atoms with Gasteiger partial charge in [-0.3, -0.25) is 14.4 Å². The lowest BCUT2D eigenvalue weighted by Gasteiger charge is -2.18. The third-order valence-corrected chi connectivity index (χ3v) is 11.5. The van der Waals surface area contributed by atoms with Crippen molar-refractivity contribution < 1.29 is 28.6 Å². The van der Waals surface area contributed by atoms with Gasteiger partial charge in [0.2, 0.25) is 0 Å². The van der Waals surface area contributed by atoms with E-state index in [1.807, 2.05) is 0 Å².